The number of hydrogen-bond donors (Lipinski definition) is 2. The highest BCUT2D eigenvalue weighted by atomic mass is 16.5. The normalized spacial score (nSPS) is 10.4. The van der Waals surface area contributed by atoms with Crippen LogP contribution in [0.3, 0.4) is 0 Å². The lowest BCUT2D eigenvalue weighted by atomic mass is 10.2. The van der Waals surface area contributed by atoms with Gasteiger partial charge >= 0.3 is 0 Å². The number of carbonyl (C=O) groups excluding carboxylic acids is 1. The van der Waals surface area contributed by atoms with E-state index in [1.165, 1.54) is 0 Å². The molecule has 0 radical (unpaired) electrons. The number of nitrogens with one attached hydrogen (secondary N) is 1. The molecule has 0 aliphatic carbocycles. The number of rotatable bonds is 8. The molecule has 0 saturated carbocycles. The van der Waals surface area contributed by atoms with Gasteiger partial charge in [0.25, 0.3) is 0 Å². The van der Waals surface area contributed by atoms with Crippen LogP contribution >= 0.6 is 0 Å². The van der Waals surface area contributed by atoms with Crippen LogP contribution < -0.4 is 20.7 Å². The van der Waals surface area contributed by atoms with E-state index in [1.807, 2.05) is 43.0 Å². The van der Waals surface area contributed by atoms with Crippen molar-refractivity contribution in [3.63, 3.8) is 0 Å². The first-order valence-corrected chi connectivity index (χ1v) is 6.96. The molecule has 1 aromatic carbocycles. The van der Waals surface area contributed by atoms with Crippen molar-refractivity contribution in [3.8, 4) is 5.75 Å². The zero-order valence-electron chi connectivity index (χ0n) is 12.6. The molecule has 5 nitrogen and oxygen atoms in total. The van der Waals surface area contributed by atoms with Gasteiger partial charge < -0.3 is 20.7 Å². The predicted octanol–water partition coefficient (Wildman–Crippen LogP) is 1.37. The molecule has 0 atom stereocenters. The van der Waals surface area contributed by atoms with Gasteiger partial charge in [0.05, 0.1) is 19.3 Å². The number of carbonyl (C=O) groups is 1. The van der Waals surface area contributed by atoms with Gasteiger partial charge in [0.15, 0.2) is 0 Å². The van der Waals surface area contributed by atoms with Crippen LogP contribution in [0.5, 0.6) is 5.75 Å². The fourth-order valence-electron chi connectivity index (χ4n) is 2.00. The van der Waals surface area contributed by atoms with Gasteiger partial charge in [0, 0.05) is 12.6 Å². The summed E-state index contributed by atoms with van der Waals surface area (Å²) < 4.78 is 5.36. The standard InChI is InChI=1S/C15H25N3O2/c1-12(2)17-15(19)11-18(10-6-9-16)13-7-4-5-8-14(13)20-3/h4-5,7-8,12H,6,9-11,16H2,1-3H3,(H,17,19). The number of para-hydroxylation sites is 2. The first-order chi connectivity index (χ1) is 9.58. The topological polar surface area (TPSA) is 67.6 Å². The second-order valence-corrected chi connectivity index (χ2v) is 4.96. The zero-order chi connectivity index (χ0) is 15.0. The lowest BCUT2D eigenvalue weighted by Crippen LogP contribution is -2.41. The number of ether oxygens (including phenoxy) is 1. The summed E-state index contributed by atoms with van der Waals surface area (Å²) in [5.74, 6) is 0.768. The minimum absolute atomic E-state index is 0.00271. The van der Waals surface area contributed by atoms with Crippen molar-refractivity contribution in [1.82, 2.24) is 5.32 Å². The molecule has 0 aliphatic heterocycles. The Morgan fingerprint density at radius 2 is 2.10 bits per heavy atom. The molecule has 1 aromatic rings. The molecule has 0 bridgehead atoms. The first-order valence-electron chi connectivity index (χ1n) is 6.96. The van der Waals surface area contributed by atoms with E-state index in [4.69, 9.17) is 10.5 Å². The van der Waals surface area contributed by atoms with Crippen LogP contribution in [0.2, 0.25) is 0 Å². The molecule has 0 spiro atoms. The summed E-state index contributed by atoms with van der Waals surface area (Å²) in [6.07, 6.45) is 0.826. The highest BCUT2D eigenvalue weighted by molar-refractivity contribution is 5.82. The van der Waals surface area contributed by atoms with Gasteiger partial charge in [-0.05, 0) is 38.9 Å². The summed E-state index contributed by atoms with van der Waals surface area (Å²) in [4.78, 5) is 14.0. The van der Waals surface area contributed by atoms with Crippen LogP contribution in [0.1, 0.15) is 20.3 Å². The monoisotopic (exact) mass is 279 g/mol. The maximum atomic E-state index is 12.0. The van der Waals surface area contributed by atoms with Crippen molar-refractivity contribution >= 4 is 11.6 Å². The molecule has 0 aliphatic rings. The SMILES string of the molecule is COc1ccccc1N(CCCN)CC(=O)NC(C)C. The van der Waals surface area contributed by atoms with Crippen LogP contribution in [0, 0.1) is 0 Å². The van der Waals surface area contributed by atoms with E-state index in [-0.39, 0.29) is 11.9 Å². The molecule has 0 fully saturated rings. The Bertz CT molecular complexity index is 421. The third-order valence-electron chi connectivity index (χ3n) is 2.84. The van der Waals surface area contributed by atoms with Crippen LogP contribution in [0.25, 0.3) is 0 Å². The first kappa shape index (κ1) is 16.3. The van der Waals surface area contributed by atoms with Crippen LogP contribution in [-0.4, -0.2) is 38.7 Å². The number of benzene rings is 1. The van der Waals surface area contributed by atoms with E-state index in [9.17, 15) is 4.79 Å². The Morgan fingerprint density at radius 3 is 2.70 bits per heavy atom. The van der Waals surface area contributed by atoms with E-state index in [0.29, 0.717) is 13.1 Å². The molecule has 3 N–H and O–H groups in total. The van der Waals surface area contributed by atoms with E-state index >= 15 is 0 Å². The fourth-order valence-corrected chi connectivity index (χ4v) is 2.00. The summed E-state index contributed by atoms with van der Waals surface area (Å²) in [6, 6.07) is 7.84. The maximum absolute atomic E-state index is 12.0. The van der Waals surface area contributed by atoms with Gasteiger partial charge in [0.2, 0.25) is 5.91 Å². The Morgan fingerprint density at radius 1 is 1.40 bits per heavy atom. The highest BCUT2D eigenvalue weighted by Gasteiger charge is 2.15. The highest BCUT2D eigenvalue weighted by Crippen LogP contribution is 2.27. The zero-order valence-corrected chi connectivity index (χ0v) is 12.6. The second kappa shape index (κ2) is 8.43. The van der Waals surface area contributed by atoms with Crippen LogP contribution in [0.15, 0.2) is 24.3 Å². The summed E-state index contributed by atoms with van der Waals surface area (Å²) in [5, 5.41) is 2.90. The summed E-state index contributed by atoms with van der Waals surface area (Å²) in [6.45, 7) is 5.52. The minimum Gasteiger partial charge on any atom is -0.495 e. The Balaban J connectivity index is 2.85. The van der Waals surface area contributed by atoms with Crippen LogP contribution in [0.4, 0.5) is 5.69 Å². The van der Waals surface area contributed by atoms with Crippen molar-refractivity contribution in [1.29, 1.82) is 0 Å². The summed E-state index contributed by atoms with van der Waals surface area (Å²) in [5.41, 5.74) is 6.50. The number of nitrogens with two attached hydrogens (primary N) is 1. The van der Waals surface area contributed by atoms with Crippen molar-refractivity contribution < 1.29 is 9.53 Å². The van der Waals surface area contributed by atoms with Gasteiger partial charge in [-0.3, -0.25) is 4.79 Å². The molecule has 112 valence electrons. The summed E-state index contributed by atoms with van der Waals surface area (Å²) in [7, 11) is 1.63. The number of methoxy groups -OCH3 is 1. The minimum atomic E-state index is 0.00271. The molecule has 5 heteroatoms. The predicted molar refractivity (Wildman–Crippen MR) is 82.2 cm³/mol. The average molecular weight is 279 g/mol. The number of amides is 1. The van der Waals surface area contributed by atoms with E-state index in [1.54, 1.807) is 7.11 Å². The third kappa shape index (κ3) is 5.09. The summed E-state index contributed by atoms with van der Waals surface area (Å²) >= 11 is 0. The molecule has 1 amide bonds. The fraction of sp³-hybridized carbons (Fsp3) is 0.533. The second-order valence-electron chi connectivity index (χ2n) is 4.96. The van der Waals surface area contributed by atoms with Gasteiger partial charge in [-0.25, -0.2) is 0 Å². The molecule has 0 aromatic heterocycles. The molecule has 0 saturated heterocycles. The number of anilines is 1. The Hall–Kier alpha value is -1.75. The van der Waals surface area contributed by atoms with Crippen molar-refractivity contribution in [2.45, 2.75) is 26.3 Å². The van der Waals surface area contributed by atoms with Gasteiger partial charge in [-0.1, -0.05) is 12.1 Å². The van der Waals surface area contributed by atoms with Crippen molar-refractivity contribution in [3.05, 3.63) is 24.3 Å². The van der Waals surface area contributed by atoms with Gasteiger partial charge in [-0.15, -0.1) is 0 Å². The number of nitrogens with zero attached hydrogens (tertiary/aromatic N) is 1. The van der Waals surface area contributed by atoms with Gasteiger partial charge in [0.1, 0.15) is 5.75 Å². The smallest absolute Gasteiger partial charge is 0.239 e. The lowest BCUT2D eigenvalue weighted by molar-refractivity contribution is -0.120. The largest absolute Gasteiger partial charge is 0.495 e. The molecule has 0 unspecified atom stereocenters. The van der Waals surface area contributed by atoms with Crippen LogP contribution in [-0.2, 0) is 4.79 Å². The van der Waals surface area contributed by atoms with Crippen molar-refractivity contribution in [2.75, 3.05) is 31.6 Å². The van der Waals surface area contributed by atoms with E-state index < -0.39 is 0 Å². The molecular weight excluding hydrogens is 254 g/mol. The molecular formula is C15H25N3O2. The van der Waals surface area contributed by atoms with E-state index in [2.05, 4.69) is 5.32 Å². The van der Waals surface area contributed by atoms with Crippen molar-refractivity contribution in [2.24, 2.45) is 5.73 Å². The maximum Gasteiger partial charge on any atom is 0.239 e. The number of hydrogen-bond acceptors (Lipinski definition) is 4. The average Bonchev–Trinajstić information content (AvgIpc) is 2.42. The molecule has 0 heterocycles. The third-order valence-corrected chi connectivity index (χ3v) is 2.84. The Labute approximate surface area is 121 Å². The molecule has 20 heavy (non-hydrogen) atoms. The quantitative estimate of drug-likeness (QED) is 0.754. The van der Waals surface area contributed by atoms with Gasteiger partial charge in [-0.2, -0.15) is 0 Å². The Kier molecular flexibility index (Phi) is 6.87. The molecule has 1 rings (SSSR count). The van der Waals surface area contributed by atoms with E-state index in [0.717, 1.165) is 24.4 Å². The lowest BCUT2D eigenvalue weighted by Gasteiger charge is -2.26.